The van der Waals surface area contributed by atoms with Gasteiger partial charge in [0.1, 0.15) is 5.84 Å². The zero-order valence-corrected chi connectivity index (χ0v) is 12.7. The van der Waals surface area contributed by atoms with Gasteiger partial charge in [0.25, 0.3) is 0 Å². The molecule has 1 aliphatic rings. The van der Waals surface area contributed by atoms with Crippen molar-refractivity contribution in [1.29, 1.82) is 0 Å². The van der Waals surface area contributed by atoms with Crippen LogP contribution in [0.15, 0.2) is 47.5 Å². The molecule has 1 atom stereocenters. The van der Waals surface area contributed by atoms with Gasteiger partial charge in [0.2, 0.25) is 0 Å². The minimum atomic E-state index is -0.957. The highest BCUT2D eigenvalue weighted by atomic mass is 16.5. The lowest BCUT2D eigenvalue weighted by atomic mass is 10.0. The molecule has 1 amide bonds. The van der Waals surface area contributed by atoms with Crippen molar-refractivity contribution in [2.45, 2.75) is 12.6 Å². The third-order valence-corrected chi connectivity index (χ3v) is 3.88. The van der Waals surface area contributed by atoms with Gasteiger partial charge in [-0.05, 0) is 16.3 Å². The first-order valence-corrected chi connectivity index (χ1v) is 7.52. The number of ether oxygens (including phenoxy) is 1. The lowest BCUT2D eigenvalue weighted by Crippen LogP contribution is -2.45. The van der Waals surface area contributed by atoms with Gasteiger partial charge in [-0.25, -0.2) is 9.79 Å². The van der Waals surface area contributed by atoms with Crippen molar-refractivity contribution in [2.24, 2.45) is 10.7 Å². The van der Waals surface area contributed by atoms with Crippen LogP contribution in [0.25, 0.3) is 10.8 Å². The molecule has 23 heavy (non-hydrogen) atoms. The molecule has 6 heteroatoms. The van der Waals surface area contributed by atoms with Crippen molar-refractivity contribution in [1.82, 2.24) is 4.90 Å². The Kier molecular flexibility index (Phi) is 4.43. The van der Waals surface area contributed by atoms with Crippen molar-refractivity contribution in [3.8, 4) is 0 Å². The number of fused-ring (bicyclic) bond motifs is 1. The van der Waals surface area contributed by atoms with Gasteiger partial charge in [0, 0.05) is 13.0 Å². The number of nitrogens with two attached hydrogens (primary N) is 1. The maximum Gasteiger partial charge on any atom is 0.407 e. The van der Waals surface area contributed by atoms with Crippen molar-refractivity contribution in [3.63, 3.8) is 0 Å². The van der Waals surface area contributed by atoms with E-state index in [0.717, 1.165) is 16.3 Å². The molecule has 0 aliphatic carbocycles. The predicted octanol–water partition coefficient (Wildman–Crippen LogP) is 2.08. The number of carbonyl (C=O) groups is 1. The molecular weight excluding hydrogens is 294 g/mol. The van der Waals surface area contributed by atoms with Crippen LogP contribution in [0, 0.1) is 0 Å². The molecule has 6 nitrogen and oxygen atoms in total. The molecule has 3 rings (SSSR count). The minimum Gasteiger partial charge on any atom is -0.465 e. The Morgan fingerprint density at radius 3 is 2.91 bits per heavy atom. The summed E-state index contributed by atoms with van der Waals surface area (Å²) >= 11 is 0. The highest BCUT2D eigenvalue weighted by molar-refractivity contribution is 5.91. The summed E-state index contributed by atoms with van der Waals surface area (Å²) in [5.41, 5.74) is 7.15. The zero-order valence-electron chi connectivity index (χ0n) is 12.7. The van der Waals surface area contributed by atoms with Crippen LogP contribution in [0.5, 0.6) is 0 Å². The Morgan fingerprint density at radius 2 is 2.09 bits per heavy atom. The molecule has 3 N–H and O–H groups in total. The second kappa shape index (κ2) is 6.66. The van der Waals surface area contributed by atoms with Gasteiger partial charge in [0.15, 0.2) is 6.23 Å². The highest BCUT2D eigenvalue weighted by Crippen LogP contribution is 2.19. The molecule has 0 radical (unpaired) electrons. The van der Waals surface area contributed by atoms with Crippen molar-refractivity contribution in [2.75, 3.05) is 19.7 Å². The SMILES string of the molecule is N/C(Cc1cccc2ccccc12)=N\C1CN(C(=O)O)CCO1. The largest absolute Gasteiger partial charge is 0.465 e. The van der Waals surface area contributed by atoms with Crippen molar-refractivity contribution >= 4 is 22.7 Å². The van der Waals surface area contributed by atoms with Crippen LogP contribution < -0.4 is 5.73 Å². The lowest BCUT2D eigenvalue weighted by Gasteiger charge is -2.28. The molecule has 0 aromatic heterocycles. The van der Waals surface area contributed by atoms with Gasteiger partial charge in [0.05, 0.1) is 13.2 Å². The van der Waals surface area contributed by atoms with Gasteiger partial charge >= 0.3 is 6.09 Å². The summed E-state index contributed by atoms with van der Waals surface area (Å²) in [7, 11) is 0. The second-order valence-corrected chi connectivity index (χ2v) is 5.49. The summed E-state index contributed by atoms with van der Waals surface area (Å²) in [6, 6.07) is 14.2. The average molecular weight is 313 g/mol. The van der Waals surface area contributed by atoms with E-state index in [1.165, 1.54) is 4.90 Å². The fraction of sp³-hybridized carbons (Fsp3) is 0.294. The standard InChI is InChI=1S/C17H19N3O3/c18-15(19-16-11-20(17(21)22)8-9-23-16)10-13-6-3-5-12-4-1-2-7-14(12)13/h1-7,16H,8-11H2,(H2,18,19)(H,21,22). The number of benzene rings is 2. The fourth-order valence-electron chi connectivity index (χ4n) is 2.76. The summed E-state index contributed by atoms with van der Waals surface area (Å²) in [6.07, 6.45) is -0.982. The van der Waals surface area contributed by atoms with Gasteiger partial charge in [-0.2, -0.15) is 0 Å². The molecule has 120 valence electrons. The molecule has 1 aliphatic heterocycles. The summed E-state index contributed by atoms with van der Waals surface area (Å²) in [6.45, 7) is 0.915. The normalized spacial score (nSPS) is 19.0. The Bertz CT molecular complexity index is 739. The van der Waals surface area contributed by atoms with Gasteiger partial charge in [-0.3, -0.25) is 0 Å². The molecule has 1 saturated heterocycles. The van der Waals surface area contributed by atoms with E-state index in [0.29, 0.717) is 25.4 Å². The number of carboxylic acid groups (broad SMARTS) is 1. The average Bonchev–Trinajstić information content (AvgIpc) is 2.55. The van der Waals surface area contributed by atoms with E-state index in [2.05, 4.69) is 23.2 Å². The third kappa shape index (κ3) is 3.60. The Balaban J connectivity index is 1.75. The molecule has 1 heterocycles. The molecule has 0 bridgehead atoms. The summed E-state index contributed by atoms with van der Waals surface area (Å²) in [5, 5.41) is 11.3. The van der Waals surface area contributed by atoms with Crippen LogP contribution in [0.2, 0.25) is 0 Å². The van der Waals surface area contributed by atoms with E-state index < -0.39 is 12.3 Å². The first kappa shape index (κ1) is 15.3. The number of amides is 1. The van der Waals surface area contributed by atoms with E-state index in [4.69, 9.17) is 15.6 Å². The van der Waals surface area contributed by atoms with Crippen LogP contribution in [-0.4, -0.2) is 47.9 Å². The Hall–Kier alpha value is -2.60. The molecule has 2 aromatic carbocycles. The second-order valence-electron chi connectivity index (χ2n) is 5.49. The Morgan fingerprint density at radius 1 is 1.30 bits per heavy atom. The first-order chi connectivity index (χ1) is 11.1. The molecule has 2 aromatic rings. The first-order valence-electron chi connectivity index (χ1n) is 7.52. The third-order valence-electron chi connectivity index (χ3n) is 3.88. The van der Waals surface area contributed by atoms with Crippen LogP contribution in [0.4, 0.5) is 4.79 Å². The number of nitrogens with zero attached hydrogens (tertiary/aromatic N) is 2. The summed E-state index contributed by atoms with van der Waals surface area (Å²) in [5.74, 6) is 0.443. The zero-order chi connectivity index (χ0) is 16.2. The van der Waals surface area contributed by atoms with E-state index in [1.807, 2.05) is 24.3 Å². The molecule has 0 saturated carbocycles. The van der Waals surface area contributed by atoms with Gasteiger partial charge < -0.3 is 20.5 Å². The van der Waals surface area contributed by atoms with E-state index in [-0.39, 0.29) is 6.54 Å². The van der Waals surface area contributed by atoms with Crippen LogP contribution in [0.3, 0.4) is 0 Å². The Labute approximate surface area is 134 Å². The monoisotopic (exact) mass is 313 g/mol. The number of amidine groups is 1. The maximum absolute atomic E-state index is 11.0. The quantitative estimate of drug-likeness (QED) is 0.671. The number of hydrogen-bond donors (Lipinski definition) is 2. The molecule has 1 unspecified atom stereocenters. The molecule has 1 fully saturated rings. The van der Waals surface area contributed by atoms with E-state index in [9.17, 15) is 4.79 Å². The fourth-order valence-corrected chi connectivity index (χ4v) is 2.76. The maximum atomic E-state index is 11.0. The topological polar surface area (TPSA) is 88.2 Å². The van der Waals surface area contributed by atoms with Crippen LogP contribution in [0.1, 0.15) is 5.56 Å². The minimum absolute atomic E-state index is 0.214. The predicted molar refractivity (Wildman–Crippen MR) is 88.6 cm³/mol. The van der Waals surface area contributed by atoms with Crippen LogP contribution >= 0.6 is 0 Å². The molecule has 0 spiro atoms. The number of morpholine rings is 1. The number of aliphatic imine (C=N–C) groups is 1. The van der Waals surface area contributed by atoms with Crippen molar-refractivity contribution in [3.05, 3.63) is 48.0 Å². The van der Waals surface area contributed by atoms with E-state index in [1.54, 1.807) is 0 Å². The van der Waals surface area contributed by atoms with Crippen LogP contribution in [-0.2, 0) is 11.2 Å². The van der Waals surface area contributed by atoms with E-state index >= 15 is 0 Å². The summed E-state index contributed by atoms with van der Waals surface area (Å²) in [4.78, 5) is 16.6. The smallest absolute Gasteiger partial charge is 0.407 e. The number of rotatable bonds is 3. The van der Waals surface area contributed by atoms with Gasteiger partial charge in [-0.1, -0.05) is 42.5 Å². The summed E-state index contributed by atoms with van der Waals surface area (Å²) < 4.78 is 5.48. The molecular formula is C17H19N3O3. The van der Waals surface area contributed by atoms with Crippen molar-refractivity contribution < 1.29 is 14.6 Å². The van der Waals surface area contributed by atoms with Gasteiger partial charge in [-0.15, -0.1) is 0 Å². The highest BCUT2D eigenvalue weighted by Gasteiger charge is 2.23. The number of hydrogen-bond acceptors (Lipinski definition) is 3. The lowest BCUT2D eigenvalue weighted by molar-refractivity contribution is -0.0169.